The van der Waals surface area contributed by atoms with E-state index in [4.69, 9.17) is 4.74 Å². The van der Waals surface area contributed by atoms with Crippen molar-refractivity contribution < 1.29 is 18.4 Å². The summed E-state index contributed by atoms with van der Waals surface area (Å²) in [6.07, 6.45) is 1.50. The first kappa shape index (κ1) is 23.8. The SMILES string of the molecule is CN(C)C1CN(c2cc(OC(F)F)c(Nc3nccc(-c4nn(C)c5ccsc45)n3)cc2[N+](=O)[O-])C1. The minimum Gasteiger partial charge on any atom is -0.433 e. The molecule has 188 valence electrons. The molecule has 14 heteroatoms. The Kier molecular flexibility index (Phi) is 6.14. The Morgan fingerprint density at radius 2 is 2.08 bits per heavy atom. The maximum Gasteiger partial charge on any atom is 0.387 e. The fraction of sp³-hybridized carbons (Fsp3) is 0.318. The Morgan fingerprint density at radius 3 is 2.78 bits per heavy atom. The summed E-state index contributed by atoms with van der Waals surface area (Å²) in [7, 11) is 5.65. The molecule has 0 unspecified atom stereocenters. The van der Waals surface area contributed by atoms with Crippen LogP contribution < -0.4 is 15.0 Å². The number of nitro groups is 1. The summed E-state index contributed by atoms with van der Waals surface area (Å²) < 4.78 is 33.9. The highest BCUT2D eigenvalue weighted by Gasteiger charge is 2.34. The lowest BCUT2D eigenvalue weighted by Gasteiger charge is -2.44. The number of anilines is 3. The van der Waals surface area contributed by atoms with Crippen LogP contribution in [0.3, 0.4) is 0 Å². The van der Waals surface area contributed by atoms with Gasteiger partial charge in [0.2, 0.25) is 5.95 Å². The molecule has 0 spiro atoms. The number of ether oxygens (including phenoxy) is 1. The van der Waals surface area contributed by atoms with E-state index < -0.39 is 11.5 Å². The fourth-order valence-electron chi connectivity index (χ4n) is 4.05. The highest BCUT2D eigenvalue weighted by Crippen LogP contribution is 2.42. The molecule has 0 aliphatic carbocycles. The van der Waals surface area contributed by atoms with E-state index in [1.165, 1.54) is 29.7 Å². The molecule has 0 atom stereocenters. The number of halogens is 2. The van der Waals surface area contributed by atoms with Crippen LogP contribution in [-0.4, -0.2) is 69.4 Å². The molecule has 36 heavy (non-hydrogen) atoms. The van der Waals surface area contributed by atoms with Gasteiger partial charge in [-0.1, -0.05) is 0 Å². The van der Waals surface area contributed by atoms with Gasteiger partial charge in [0.05, 0.1) is 26.5 Å². The van der Waals surface area contributed by atoms with Crippen molar-refractivity contribution in [3.63, 3.8) is 0 Å². The molecule has 5 rings (SSSR count). The highest BCUT2D eigenvalue weighted by molar-refractivity contribution is 7.17. The van der Waals surface area contributed by atoms with Gasteiger partial charge in [-0.3, -0.25) is 14.8 Å². The average molecular weight is 517 g/mol. The summed E-state index contributed by atoms with van der Waals surface area (Å²) in [6, 6.07) is 6.27. The normalized spacial score (nSPS) is 14.0. The minimum absolute atomic E-state index is 0.0464. The molecule has 1 aliphatic rings. The van der Waals surface area contributed by atoms with E-state index in [9.17, 15) is 18.9 Å². The fourth-order valence-corrected chi connectivity index (χ4v) is 4.96. The predicted molar refractivity (Wildman–Crippen MR) is 132 cm³/mol. The second kappa shape index (κ2) is 9.28. The monoisotopic (exact) mass is 516 g/mol. The standard InChI is InChI=1S/C22H22F2N8O3S/c1-29(2)12-10-31(11-12)16-9-18(35-21(23)24)14(8-17(16)32(33)34)27-22-25-6-4-13(26-22)19-20-15(5-7-36-20)30(3)28-19/h4-9,12,21H,10-11H2,1-3H3,(H,25,26,27). The van der Waals surface area contributed by atoms with Crippen LogP contribution in [0.1, 0.15) is 0 Å². The number of nitrogens with one attached hydrogen (secondary N) is 1. The second-order valence-corrected chi connectivity index (χ2v) is 9.41. The number of fused-ring (bicyclic) bond motifs is 1. The number of likely N-dealkylation sites (N-methyl/N-ethyl adjacent to an activating group) is 1. The van der Waals surface area contributed by atoms with E-state index in [0.717, 1.165) is 10.2 Å². The average Bonchev–Trinajstić information content (AvgIpc) is 3.38. The van der Waals surface area contributed by atoms with Crippen LogP contribution in [0.2, 0.25) is 0 Å². The molecular formula is C22H22F2N8O3S. The number of nitro benzene ring substituents is 1. The number of hydrogen-bond donors (Lipinski definition) is 1. The first-order valence-corrected chi connectivity index (χ1v) is 11.8. The number of benzene rings is 1. The molecule has 4 aromatic rings. The van der Waals surface area contributed by atoms with Gasteiger partial charge in [-0.05, 0) is 31.6 Å². The largest absolute Gasteiger partial charge is 0.433 e. The first-order valence-electron chi connectivity index (χ1n) is 10.9. The van der Waals surface area contributed by atoms with Gasteiger partial charge in [-0.25, -0.2) is 9.97 Å². The van der Waals surface area contributed by atoms with Crippen molar-refractivity contribution in [1.82, 2.24) is 24.6 Å². The summed E-state index contributed by atoms with van der Waals surface area (Å²) in [6.45, 7) is -2.07. The van der Waals surface area contributed by atoms with Gasteiger partial charge in [-0.15, -0.1) is 11.3 Å². The van der Waals surface area contributed by atoms with Crippen LogP contribution in [0.15, 0.2) is 35.8 Å². The van der Waals surface area contributed by atoms with E-state index in [1.54, 1.807) is 15.6 Å². The van der Waals surface area contributed by atoms with Crippen LogP contribution >= 0.6 is 11.3 Å². The van der Waals surface area contributed by atoms with Gasteiger partial charge >= 0.3 is 6.61 Å². The van der Waals surface area contributed by atoms with Crippen LogP contribution in [-0.2, 0) is 7.05 Å². The minimum atomic E-state index is -3.13. The molecule has 4 heterocycles. The van der Waals surface area contributed by atoms with Gasteiger partial charge in [0.25, 0.3) is 5.69 Å². The van der Waals surface area contributed by atoms with Gasteiger partial charge < -0.3 is 19.9 Å². The molecule has 1 saturated heterocycles. The molecule has 0 bridgehead atoms. The second-order valence-electron chi connectivity index (χ2n) is 8.49. The van der Waals surface area contributed by atoms with Crippen molar-refractivity contribution in [2.75, 3.05) is 37.4 Å². The summed E-state index contributed by atoms with van der Waals surface area (Å²) in [5, 5.41) is 21.2. The molecule has 1 aliphatic heterocycles. The lowest BCUT2D eigenvalue weighted by molar-refractivity contribution is -0.384. The number of rotatable bonds is 8. The Morgan fingerprint density at radius 1 is 1.31 bits per heavy atom. The number of aryl methyl sites for hydroxylation is 1. The zero-order chi connectivity index (χ0) is 25.6. The molecule has 1 N–H and O–H groups in total. The molecule has 1 fully saturated rings. The number of hydrogen-bond acceptors (Lipinski definition) is 10. The summed E-state index contributed by atoms with van der Waals surface area (Å²) in [5.74, 6) is -0.188. The quantitative estimate of drug-likeness (QED) is 0.273. The van der Waals surface area contributed by atoms with Gasteiger partial charge in [0, 0.05) is 44.5 Å². The molecule has 11 nitrogen and oxygen atoms in total. The van der Waals surface area contributed by atoms with Crippen LogP contribution in [0, 0.1) is 10.1 Å². The van der Waals surface area contributed by atoms with E-state index in [0.29, 0.717) is 24.5 Å². The first-order chi connectivity index (χ1) is 17.2. The van der Waals surface area contributed by atoms with E-state index >= 15 is 0 Å². The van der Waals surface area contributed by atoms with E-state index in [-0.39, 0.29) is 34.8 Å². The van der Waals surface area contributed by atoms with Crippen molar-refractivity contribution >= 4 is 44.6 Å². The van der Waals surface area contributed by atoms with Crippen molar-refractivity contribution in [3.05, 3.63) is 46.0 Å². The van der Waals surface area contributed by atoms with Crippen LogP contribution in [0.4, 0.5) is 31.8 Å². The zero-order valence-electron chi connectivity index (χ0n) is 19.6. The molecule has 0 amide bonds. The molecule has 3 aromatic heterocycles. The summed E-state index contributed by atoms with van der Waals surface area (Å²) in [5.41, 5.74) is 2.03. The summed E-state index contributed by atoms with van der Waals surface area (Å²) in [4.78, 5) is 23.7. The Labute approximate surface area is 208 Å². The molecule has 1 aromatic carbocycles. The molecule has 0 radical (unpaired) electrons. The lowest BCUT2D eigenvalue weighted by Crippen LogP contribution is -2.57. The third kappa shape index (κ3) is 4.40. The number of aromatic nitrogens is 4. The Hall–Kier alpha value is -3.91. The highest BCUT2D eigenvalue weighted by atomic mass is 32.1. The van der Waals surface area contributed by atoms with Gasteiger partial charge in [-0.2, -0.15) is 13.9 Å². The maximum absolute atomic E-state index is 13.3. The Balaban J connectivity index is 1.51. The predicted octanol–water partition coefficient (Wildman–Crippen LogP) is 4.10. The Bertz CT molecular complexity index is 1430. The van der Waals surface area contributed by atoms with E-state index in [2.05, 4.69) is 20.4 Å². The number of thiophene rings is 1. The van der Waals surface area contributed by atoms with Gasteiger partial charge in [0.15, 0.2) is 5.75 Å². The van der Waals surface area contributed by atoms with Crippen LogP contribution in [0.25, 0.3) is 21.6 Å². The van der Waals surface area contributed by atoms with Gasteiger partial charge in [0.1, 0.15) is 11.4 Å². The zero-order valence-corrected chi connectivity index (χ0v) is 20.4. The number of alkyl halides is 2. The van der Waals surface area contributed by atoms with Crippen LogP contribution in [0.5, 0.6) is 5.75 Å². The third-order valence-corrected chi connectivity index (χ3v) is 6.94. The molecular weight excluding hydrogens is 494 g/mol. The third-order valence-electron chi connectivity index (χ3n) is 6.03. The van der Waals surface area contributed by atoms with Crippen molar-refractivity contribution in [1.29, 1.82) is 0 Å². The van der Waals surface area contributed by atoms with E-state index in [1.807, 2.05) is 37.5 Å². The maximum atomic E-state index is 13.3. The summed E-state index contributed by atoms with van der Waals surface area (Å²) >= 11 is 1.52. The molecule has 0 saturated carbocycles. The van der Waals surface area contributed by atoms with Crippen molar-refractivity contribution in [2.24, 2.45) is 7.05 Å². The topological polar surface area (TPSA) is 114 Å². The van der Waals surface area contributed by atoms with Crippen molar-refractivity contribution in [2.45, 2.75) is 12.7 Å². The van der Waals surface area contributed by atoms with Crippen molar-refractivity contribution in [3.8, 4) is 17.1 Å². The lowest BCUT2D eigenvalue weighted by atomic mass is 10.1. The smallest absolute Gasteiger partial charge is 0.387 e. The number of nitrogens with zero attached hydrogens (tertiary/aromatic N) is 7.